The van der Waals surface area contributed by atoms with Crippen LogP contribution in [0.5, 0.6) is 0 Å². The van der Waals surface area contributed by atoms with Crippen LogP contribution in [0, 0.1) is 5.82 Å². The Bertz CT molecular complexity index is 666. The molecule has 0 fully saturated rings. The number of likely N-dealkylation sites (N-methyl/N-ethyl adjacent to an activating group) is 1. The first-order chi connectivity index (χ1) is 11.0. The fraction of sp³-hybridized carbons (Fsp3) is 0.412. The molecule has 1 heterocycles. The van der Waals surface area contributed by atoms with E-state index in [2.05, 4.69) is 10.4 Å². The van der Waals surface area contributed by atoms with Crippen molar-refractivity contribution in [1.82, 2.24) is 20.0 Å². The van der Waals surface area contributed by atoms with Crippen LogP contribution in [0.2, 0.25) is 0 Å². The first-order valence-corrected chi connectivity index (χ1v) is 7.78. The van der Waals surface area contributed by atoms with E-state index < -0.39 is 0 Å². The number of halogens is 1. The van der Waals surface area contributed by atoms with Crippen LogP contribution in [0.3, 0.4) is 0 Å². The van der Waals surface area contributed by atoms with E-state index >= 15 is 0 Å². The summed E-state index contributed by atoms with van der Waals surface area (Å²) >= 11 is 0. The molecule has 1 aromatic heterocycles. The van der Waals surface area contributed by atoms with Gasteiger partial charge in [-0.1, -0.05) is 19.4 Å². The summed E-state index contributed by atoms with van der Waals surface area (Å²) in [5.41, 5.74) is 1.98. The number of nitrogens with one attached hydrogen (secondary N) is 1. The Labute approximate surface area is 136 Å². The Morgan fingerprint density at radius 1 is 1.39 bits per heavy atom. The molecule has 23 heavy (non-hydrogen) atoms. The number of hydrogen-bond acceptors (Lipinski definition) is 3. The largest absolute Gasteiger partial charge is 0.351 e. The molecule has 0 aliphatic heterocycles. The van der Waals surface area contributed by atoms with Crippen LogP contribution < -0.4 is 5.32 Å². The molecule has 0 saturated heterocycles. The van der Waals surface area contributed by atoms with Crippen molar-refractivity contribution in [2.75, 3.05) is 27.2 Å². The zero-order valence-corrected chi connectivity index (χ0v) is 13.8. The van der Waals surface area contributed by atoms with Crippen molar-refractivity contribution in [1.29, 1.82) is 0 Å². The van der Waals surface area contributed by atoms with Crippen molar-refractivity contribution in [3.63, 3.8) is 0 Å². The summed E-state index contributed by atoms with van der Waals surface area (Å²) in [6.07, 6.45) is 3.13. The fourth-order valence-corrected chi connectivity index (χ4v) is 2.36. The summed E-state index contributed by atoms with van der Waals surface area (Å²) in [6, 6.07) is 6.23. The fourth-order valence-electron chi connectivity index (χ4n) is 2.36. The highest BCUT2D eigenvalue weighted by Crippen LogP contribution is 2.17. The topological polar surface area (TPSA) is 50.2 Å². The molecule has 0 saturated carbocycles. The summed E-state index contributed by atoms with van der Waals surface area (Å²) in [6.45, 7) is 3.38. The maximum absolute atomic E-state index is 13.5. The van der Waals surface area contributed by atoms with Crippen LogP contribution in [0.4, 0.5) is 4.39 Å². The smallest absolute Gasteiger partial charge is 0.254 e. The van der Waals surface area contributed by atoms with Gasteiger partial charge in [0.05, 0.1) is 23.1 Å². The van der Waals surface area contributed by atoms with Crippen molar-refractivity contribution in [2.45, 2.75) is 19.8 Å². The summed E-state index contributed by atoms with van der Waals surface area (Å²) < 4.78 is 15.1. The quantitative estimate of drug-likeness (QED) is 0.852. The minimum atomic E-state index is -0.322. The molecule has 0 radical (unpaired) electrons. The molecule has 0 unspecified atom stereocenters. The molecule has 0 bridgehead atoms. The lowest BCUT2D eigenvalue weighted by Gasteiger charge is -2.11. The third-order valence-corrected chi connectivity index (χ3v) is 3.50. The highest BCUT2D eigenvalue weighted by molar-refractivity contribution is 5.95. The van der Waals surface area contributed by atoms with Crippen LogP contribution in [0.25, 0.3) is 5.69 Å². The Morgan fingerprint density at radius 2 is 2.17 bits per heavy atom. The molecule has 0 aliphatic carbocycles. The molecule has 2 aromatic rings. The van der Waals surface area contributed by atoms with E-state index in [4.69, 9.17) is 0 Å². The molecule has 2 rings (SSSR count). The van der Waals surface area contributed by atoms with Crippen molar-refractivity contribution < 1.29 is 9.18 Å². The summed E-state index contributed by atoms with van der Waals surface area (Å²) in [5.74, 6) is -0.463. The van der Waals surface area contributed by atoms with Crippen LogP contribution in [-0.4, -0.2) is 47.8 Å². The molecule has 0 spiro atoms. The number of carbonyl (C=O) groups excluding carboxylic acids is 1. The second-order valence-corrected chi connectivity index (χ2v) is 5.71. The van der Waals surface area contributed by atoms with E-state index in [1.54, 1.807) is 23.0 Å². The standard InChI is InChI=1S/C17H23FN4O/c1-4-6-16-15(17(23)19-9-10-21(2)3)12-20-22(16)14-8-5-7-13(18)11-14/h5,7-8,11-12H,4,6,9-10H2,1-3H3,(H,19,23). The normalized spacial score (nSPS) is 11.0. The van der Waals surface area contributed by atoms with Crippen LogP contribution in [-0.2, 0) is 6.42 Å². The van der Waals surface area contributed by atoms with Crippen molar-refractivity contribution in [3.8, 4) is 5.69 Å². The molecular weight excluding hydrogens is 295 g/mol. The van der Waals surface area contributed by atoms with Gasteiger partial charge < -0.3 is 10.2 Å². The number of rotatable bonds is 7. The molecular formula is C17H23FN4O. The summed E-state index contributed by atoms with van der Waals surface area (Å²) in [4.78, 5) is 14.4. The van der Waals surface area contributed by atoms with Crippen LogP contribution >= 0.6 is 0 Å². The molecule has 1 aromatic carbocycles. The SMILES string of the molecule is CCCc1c(C(=O)NCCN(C)C)cnn1-c1cccc(F)c1. The minimum Gasteiger partial charge on any atom is -0.351 e. The Kier molecular flexibility index (Phi) is 5.87. The highest BCUT2D eigenvalue weighted by Gasteiger charge is 2.17. The number of aromatic nitrogens is 2. The zero-order valence-electron chi connectivity index (χ0n) is 13.8. The number of amides is 1. The minimum absolute atomic E-state index is 0.141. The average Bonchev–Trinajstić information content (AvgIpc) is 2.91. The molecule has 124 valence electrons. The van der Waals surface area contributed by atoms with Gasteiger partial charge in [-0.2, -0.15) is 5.10 Å². The average molecular weight is 318 g/mol. The number of carbonyl (C=O) groups is 1. The van der Waals surface area contributed by atoms with E-state index in [1.165, 1.54) is 12.1 Å². The van der Waals surface area contributed by atoms with Gasteiger partial charge in [0.25, 0.3) is 5.91 Å². The maximum Gasteiger partial charge on any atom is 0.254 e. The van der Waals surface area contributed by atoms with E-state index in [0.717, 1.165) is 18.7 Å². The van der Waals surface area contributed by atoms with Gasteiger partial charge in [-0.3, -0.25) is 4.79 Å². The second-order valence-electron chi connectivity index (χ2n) is 5.71. The molecule has 1 amide bonds. The van der Waals surface area contributed by atoms with E-state index in [1.807, 2.05) is 25.9 Å². The van der Waals surface area contributed by atoms with Gasteiger partial charge in [-0.05, 0) is 38.7 Å². The Balaban J connectivity index is 2.25. The monoisotopic (exact) mass is 318 g/mol. The first kappa shape index (κ1) is 17.1. The predicted octanol–water partition coefficient (Wildman–Crippen LogP) is 2.26. The molecule has 5 nitrogen and oxygen atoms in total. The van der Waals surface area contributed by atoms with Gasteiger partial charge in [0.1, 0.15) is 5.82 Å². The number of benzene rings is 1. The van der Waals surface area contributed by atoms with E-state index in [-0.39, 0.29) is 11.7 Å². The first-order valence-electron chi connectivity index (χ1n) is 7.78. The van der Waals surface area contributed by atoms with Gasteiger partial charge in [-0.25, -0.2) is 9.07 Å². The number of nitrogens with zero attached hydrogens (tertiary/aromatic N) is 3. The predicted molar refractivity (Wildman–Crippen MR) is 88.4 cm³/mol. The molecule has 1 N–H and O–H groups in total. The third-order valence-electron chi connectivity index (χ3n) is 3.50. The lowest BCUT2D eigenvalue weighted by Crippen LogP contribution is -2.31. The van der Waals surface area contributed by atoms with E-state index in [0.29, 0.717) is 24.2 Å². The molecule has 6 heteroatoms. The van der Waals surface area contributed by atoms with Gasteiger partial charge >= 0.3 is 0 Å². The number of hydrogen-bond donors (Lipinski definition) is 1. The van der Waals surface area contributed by atoms with Crippen LogP contribution in [0.15, 0.2) is 30.5 Å². The Morgan fingerprint density at radius 3 is 2.83 bits per heavy atom. The van der Waals surface area contributed by atoms with Crippen molar-refractivity contribution >= 4 is 5.91 Å². The zero-order chi connectivity index (χ0) is 16.8. The summed E-state index contributed by atoms with van der Waals surface area (Å²) in [5, 5.41) is 7.19. The van der Waals surface area contributed by atoms with Gasteiger partial charge in [-0.15, -0.1) is 0 Å². The van der Waals surface area contributed by atoms with E-state index in [9.17, 15) is 9.18 Å². The lowest BCUT2D eigenvalue weighted by atomic mass is 10.1. The lowest BCUT2D eigenvalue weighted by molar-refractivity contribution is 0.0950. The summed E-state index contributed by atoms with van der Waals surface area (Å²) in [7, 11) is 3.91. The van der Waals surface area contributed by atoms with Gasteiger partial charge in [0.15, 0.2) is 0 Å². The van der Waals surface area contributed by atoms with Crippen molar-refractivity contribution in [2.24, 2.45) is 0 Å². The highest BCUT2D eigenvalue weighted by atomic mass is 19.1. The second kappa shape index (κ2) is 7.87. The third kappa shape index (κ3) is 4.39. The van der Waals surface area contributed by atoms with Crippen LogP contribution in [0.1, 0.15) is 29.4 Å². The van der Waals surface area contributed by atoms with Crippen molar-refractivity contribution in [3.05, 3.63) is 47.5 Å². The van der Waals surface area contributed by atoms with Gasteiger partial charge in [0, 0.05) is 13.1 Å². The molecule has 0 aliphatic rings. The maximum atomic E-state index is 13.5. The Hall–Kier alpha value is -2.21. The van der Waals surface area contributed by atoms with Gasteiger partial charge in [0.2, 0.25) is 0 Å². The molecule has 0 atom stereocenters.